The molecular weight excluding hydrogens is 524 g/mol. The maximum Gasteiger partial charge on any atom is 0.294 e. The van der Waals surface area contributed by atoms with E-state index in [2.05, 4.69) is 30.8 Å². The minimum atomic E-state index is -4.35. The number of pyridine rings is 1. The summed E-state index contributed by atoms with van der Waals surface area (Å²) < 4.78 is 37.2. The number of aromatic nitrogens is 1. The topological polar surface area (TPSA) is 208 Å². The summed E-state index contributed by atoms with van der Waals surface area (Å²) >= 11 is 0. The number of benzene rings is 2. The molecule has 3 rings (SSSR count). The van der Waals surface area contributed by atoms with Gasteiger partial charge in [-0.2, -0.15) is 29.0 Å². The van der Waals surface area contributed by atoms with Gasteiger partial charge in [0.2, 0.25) is 0 Å². The molecule has 0 radical (unpaired) electrons. The summed E-state index contributed by atoms with van der Waals surface area (Å²) in [7, 11) is -4.35. The Hall–Kier alpha value is -4.29. The lowest BCUT2D eigenvalue weighted by Gasteiger charge is -2.13. The maximum absolute atomic E-state index is 11.4. The van der Waals surface area contributed by atoms with E-state index in [1.807, 2.05) is 19.9 Å². The van der Waals surface area contributed by atoms with E-state index in [4.69, 9.17) is 15.6 Å². The van der Waals surface area contributed by atoms with E-state index in [0.29, 0.717) is 41.6 Å². The first-order chi connectivity index (χ1) is 18.5. The van der Waals surface area contributed by atoms with Crippen LogP contribution in [-0.2, 0) is 14.9 Å². The zero-order valence-corrected chi connectivity index (χ0v) is 22.4. The van der Waals surface area contributed by atoms with Crippen LogP contribution in [0.3, 0.4) is 0 Å². The first kappa shape index (κ1) is 29.3. The normalized spacial score (nSPS) is 11.8. The van der Waals surface area contributed by atoms with Crippen molar-refractivity contribution in [2.45, 2.75) is 25.7 Å². The highest BCUT2D eigenvalue weighted by atomic mass is 32.2. The number of nitrogens with two attached hydrogens (primary N) is 1. The van der Waals surface area contributed by atoms with Crippen LogP contribution in [0.2, 0.25) is 0 Å². The molecule has 3 aromatic rings. The SMILES string of the molecule is Cc1cc(N=Nc2c(NCCOCCO)nc(N)c(C#N)c2C)c(C)cc1N=Nc1cccc(S(=O)(=O)O)c1. The van der Waals surface area contributed by atoms with Gasteiger partial charge < -0.3 is 20.9 Å². The number of hydrogen-bond donors (Lipinski definition) is 4. The molecule has 0 amide bonds. The number of aryl methyl sites for hydroxylation is 2. The van der Waals surface area contributed by atoms with E-state index < -0.39 is 10.1 Å². The molecule has 1 heterocycles. The smallest absolute Gasteiger partial charge is 0.294 e. The fourth-order valence-electron chi connectivity index (χ4n) is 3.44. The average Bonchev–Trinajstić information content (AvgIpc) is 2.89. The van der Waals surface area contributed by atoms with Crippen LogP contribution in [-0.4, -0.2) is 49.4 Å². The molecular formula is C25H28N8O5S. The van der Waals surface area contributed by atoms with Crippen molar-refractivity contribution in [3.8, 4) is 6.07 Å². The third-order valence-electron chi connectivity index (χ3n) is 5.49. The highest BCUT2D eigenvalue weighted by Gasteiger charge is 2.16. The van der Waals surface area contributed by atoms with Crippen LogP contribution in [0.4, 0.5) is 34.4 Å². The number of aliphatic hydroxyl groups is 1. The molecule has 1 aromatic heterocycles. The number of azo groups is 2. The number of nitrogens with zero attached hydrogens (tertiary/aromatic N) is 6. The molecule has 0 saturated heterocycles. The lowest BCUT2D eigenvalue weighted by molar-refractivity contribution is 0.0992. The van der Waals surface area contributed by atoms with Gasteiger partial charge in [-0.05, 0) is 62.2 Å². The van der Waals surface area contributed by atoms with Gasteiger partial charge in [0.25, 0.3) is 10.1 Å². The molecule has 0 unspecified atom stereocenters. The van der Waals surface area contributed by atoms with Crippen LogP contribution in [0.5, 0.6) is 0 Å². The predicted octanol–water partition coefficient (Wildman–Crippen LogP) is 4.96. The van der Waals surface area contributed by atoms with Gasteiger partial charge in [0, 0.05) is 12.1 Å². The van der Waals surface area contributed by atoms with E-state index >= 15 is 0 Å². The van der Waals surface area contributed by atoms with Crippen molar-refractivity contribution < 1.29 is 22.8 Å². The third kappa shape index (κ3) is 7.62. The molecule has 0 aliphatic carbocycles. The Bertz CT molecular complexity index is 1570. The summed E-state index contributed by atoms with van der Waals surface area (Å²) in [5, 5.41) is 38.5. The fraction of sp³-hybridized carbons (Fsp3) is 0.280. The molecule has 0 spiro atoms. The molecule has 0 aliphatic heterocycles. The monoisotopic (exact) mass is 552 g/mol. The Morgan fingerprint density at radius 2 is 1.72 bits per heavy atom. The van der Waals surface area contributed by atoms with E-state index in [0.717, 1.165) is 11.1 Å². The fourth-order valence-corrected chi connectivity index (χ4v) is 3.96. The van der Waals surface area contributed by atoms with Gasteiger partial charge in [0.15, 0.2) is 5.82 Å². The molecule has 0 bridgehead atoms. The average molecular weight is 553 g/mol. The van der Waals surface area contributed by atoms with Crippen molar-refractivity contribution in [1.82, 2.24) is 4.98 Å². The van der Waals surface area contributed by atoms with Crippen LogP contribution in [0, 0.1) is 32.1 Å². The number of nitrogen functional groups attached to an aromatic ring is 1. The van der Waals surface area contributed by atoms with Crippen molar-refractivity contribution in [1.29, 1.82) is 5.26 Å². The zero-order chi connectivity index (χ0) is 28.6. The van der Waals surface area contributed by atoms with Crippen molar-refractivity contribution >= 4 is 44.5 Å². The Morgan fingerprint density at radius 3 is 2.33 bits per heavy atom. The van der Waals surface area contributed by atoms with E-state index in [1.54, 1.807) is 25.1 Å². The van der Waals surface area contributed by atoms with Crippen molar-refractivity contribution in [2.75, 3.05) is 37.4 Å². The minimum absolute atomic E-state index is 0.0663. The Labute approximate surface area is 225 Å². The van der Waals surface area contributed by atoms with Crippen LogP contribution >= 0.6 is 0 Å². The van der Waals surface area contributed by atoms with Crippen LogP contribution in [0.15, 0.2) is 61.8 Å². The Balaban J connectivity index is 1.89. The second-order valence-corrected chi connectivity index (χ2v) is 9.79. The quantitative estimate of drug-likeness (QED) is 0.144. The highest BCUT2D eigenvalue weighted by Crippen LogP contribution is 2.35. The largest absolute Gasteiger partial charge is 0.394 e. The van der Waals surface area contributed by atoms with Crippen molar-refractivity contribution in [2.24, 2.45) is 20.5 Å². The molecule has 2 aromatic carbocycles. The van der Waals surface area contributed by atoms with Gasteiger partial charge in [0.05, 0.1) is 47.3 Å². The summed E-state index contributed by atoms with van der Waals surface area (Å²) in [5.74, 6) is 0.406. The van der Waals surface area contributed by atoms with E-state index in [-0.39, 0.29) is 35.2 Å². The first-order valence-corrected chi connectivity index (χ1v) is 13.1. The number of anilines is 2. The molecule has 39 heavy (non-hydrogen) atoms. The second kappa shape index (κ2) is 13.0. The Kier molecular flexibility index (Phi) is 9.74. The first-order valence-electron chi connectivity index (χ1n) is 11.7. The van der Waals surface area contributed by atoms with Crippen LogP contribution < -0.4 is 11.1 Å². The number of aliphatic hydroxyl groups excluding tert-OH is 1. The van der Waals surface area contributed by atoms with Gasteiger partial charge >= 0.3 is 0 Å². The lowest BCUT2D eigenvalue weighted by Crippen LogP contribution is -2.13. The van der Waals surface area contributed by atoms with E-state index in [1.165, 1.54) is 18.2 Å². The molecule has 204 valence electrons. The summed E-state index contributed by atoms with van der Waals surface area (Å²) in [6.45, 7) is 6.14. The lowest BCUT2D eigenvalue weighted by atomic mass is 10.1. The molecule has 5 N–H and O–H groups in total. The van der Waals surface area contributed by atoms with Gasteiger partial charge in [-0.15, -0.1) is 5.11 Å². The van der Waals surface area contributed by atoms with Gasteiger partial charge in [-0.1, -0.05) is 6.07 Å². The number of rotatable bonds is 11. The second-order valence-electron chi connectivity index (χ2n) is 8.37. The Morgan fingerprint density at radius 1 is 1.05 bits per heavy atom. The minimum Gasteiger partial charge on any atom is -0.394 e. The summed E-state index contributed by atoms with van der Waals surface area (Å²) in [6.07, 6.45) is 0. The molecule has 0 atom stereocenters. The van der Waals surface area contributed by atoms with Crippen molar-refractivity contribution in [3.05, 3.63) is 58.7 Å². The van der Waals surface area contributed by atoms with Crippen molar-refractivity contribution in [3.63, 3.8) is 0 Å². The molecule has 14 heteroatoms. The maximum atomic E-state index is 11.4. The number of nitriles is 1. The van der Waals surface area contributed by atoms with Crippen LogP contribution in [0.25, 0.3) is 0 Å². The summed E-state index contributed by atoms with van der Waals surface area (Å²) in [5.41, 5.74) is 9.82. The standard InChI is InChI=1S/C25H28N8O5S/c1-15-12-22(16(2)11-21(15)31-30-18-5-4-6-19(13-18)39(35,36)37)32-33-23-17(3)20(14-26)24(27)29-25(23)28-7-9-38-10-8-34/h4-6,11-13,34H,7-10H2,1-3H3,(H3,27,28,29)(H,35,36,37). The highest BCUT2D eigenvalue weighted by molar-refractivity contribution is 7.85. The van der Waals surface area contributed by atoms with Gasteiger partial charge in [-0.25, -0.2) is 4.98 Å². The molecule has 0 aliphatic rings. The van der Waals surface area contributed by atoms with Gasteiger partial charge in [0.1, 0.15) is 17.6 Å². The third-order valence-corrected chi connectivity index (χ3v) is 6.34. The summed E-state index contributed by atoms with van der Waals surface area (Å²) in [4.78, 5) is 3.99. The molecule has 13 nitrogen and oxygen atoms in total. The van der Waals surface area contributed by atoms with Gasteiger partial charge in [-0.3, -0.25) is 4.55 Å². The van der Waals surface area contributed by atoms with E-state index in [9.17, 15) is 18.2 Å². The predicted molar refractivity (Wildman–Crippen MR) is 145 cm³/mol. The molecule has 0 saturated carbocycles. The number of ether oxygens (including phenoxy) is 1. The molecule has 0 fully saturated rings. The zero-order valence-electron chi connectivity index (χ0n) is 21.6. The number of hydrogen-bond acceptors (Lipinski definition) is 12. The number of nitrogens with one attached hydrogen (secondary N) is 1. The summed E-state index contributed by atoms with van der Waals surface area (Å²) in [6, 6.07) is 11.1. The van der Waals surface area contributed by atoms with Crippen LogP contribution in [0.1, 0.15) is 22.3 Å².